The average molecular weight is 266 g/mol. The summed E-state index contributed by atoms with van der Waals surface area (Å²) in [6.07, 6.45) is 0. The third-order valence-corrected chi connectivity index (χ3v) is 3.66. The van der Waals surface area contributed by atoms with Crippen LogP contribution in [0.3, 0.4) is 0 Å². The number of hydrogen-bond donors (Lipinski definition) is 3. The van der Waals surface area contributed by atoms with Gasteiger partial charge in [0.05, 0.1) is 17.1 Å². The van der Waals surface area contributed by atoms with Crippen LogP contribution in [-0.2, 0) is 0 Å². The quantitative estimate of drug-likeness (QED) is 0.545. The zero-order valence-electron chi connectivity index (χ0n) is 8.94. The van der Waals surface area contributed by atoms with Gasteiger partial charge in [-0.3, -0.25) is 0 Å². The van der Waals surface area contributed by atoms with Gasteiger partial charge in [-0.05, 0) is 30.3 Å². The second kappa shape index (κ2) is 4.39. The molecule has 2 aromatic rings. The maximum Gasteiger partial charge on any atom is 0.0759 e. The smallest absolute Gasteiger partial charge is 0.0759 e. The highest BCUT2D eigenvalue weighted by Gasteiger charge is 2.17. The lowest BCUT2D eigenvalue weighted by atomic mass is 10.2. The van der Waals surface area contributed by atoms with E-state index in [2.05, 4.69) is 11.4 Å². The zero-order valence-corrected chi connectivity index (χ0v) is 10.6. The minimum absolute atomic E-state index is 0. The van der Waals surface area contributed by atoms with E-state index in [1.54, 1.807) is 11.8 Å². The largest absolute Gasteiger partial charge is 0.399 e. The molecule has 3 nitrogen and oxygen atoms in total. The van der Waals surface area contributed by atoms with Crippen molar-refractivity contribution in [2.45, 2.75) is 9.79 Å². The molecule has 0 unspecified atom stereocenters. The van der Waals surface area contributed by atoms with Gasteiger partial charge in [0.25, 0.3) is 0 Å². The number of anilines is 4. The molecule has 0 atom stereocenters. The van der Waals surface area contributed by atoms with E-state index >= 15 is 0 Å². The Morgan fingerprint density at radius 2 is 1.82 bits per heavy atom. The number of fused-ring (bicyclic) bond motifs is 2. The Labute approximate surface area is 110 Å². The average Bonchev–Trinajstić information content (AvgIpc) is 2.27. The molecule has 0 aliphatic carbocycles. The molecule has 0 spiro atoms. The summed E-state index contributed by atoms with van der Waals surface area (Å²) in [5.74, 6) is 0. The lowest BCUT2D eigenvalue weighted by Gasteiger charge is -2.22. The maximum atomic E-state index is 5.93. The van der Waals surface area contributed by atoms with E-state index in [-0.39, 0.29) is 12.4 Å². The Balaban J connectivity index is 0.00000108. The molecule has 17 heavy (non-hydrogen) atoms. The summed E-state index contributed by atoms with van der Waals surface area (Å²) < 4.78 is 0. The molecule has 1 aliphatic rings. The molecule has 3 rings (SSSR count). The minimum Gasteiger partial charge on any atom is -0.399 e. The molecular weight excluding hydrogens is 254 g/mol. The van der Waals surface area contributed by atoms with Crippen molar-refractivity contribution in [1.82, 2.24) is 0 Å². The third kappa shape index (κ3) is 2.01. The number of nitrogen functional groups attached to an aromatic ring is 2. The SMILES string of the molecule is Cl.Nc1ccc2c(c1)Sc1cccc(N)c1N2. The highest BCUT2D eigenvalue weighted by atomic mass is 35.5. The highest BCUT2D eigenvalue weighted by molar-refractivity contribution is 7.99. The summed E-state index contributed by atoms with van der Waals surface area (Å²) in [7, 11) is 0. The van der Waals surface area contributed by atoms with Gasteiger partial charge in [-0.2, -0.15) is 0 Å². The van der Waals surface area contributed by atoms with Crippen molar-refractivity contribution in [3.05, 3.63) is 36.4 Å². The molecule has 0 saturated heterocycles. The van der Waals surface area contributed by atoms with Crippen LogP contribution < -0.4 is 16.8 Å². The van der Waals surface area contributed by atoms with Gasteiger partial charge in [-0.15, -0.1) is 12.4 Å². The number of hydrogen-bond acceptors (Lipinski definition) is 4. The molecule has 0 aromatic heterocycles. The van der Waals surface area contributed by atoms with Crippen molar-refractivity contribution >= 4 is 46.9 Å². The third-order valence-electron chi connectivity index (χ3n) is 2.54. The predicted molar refractivity (Wildman–Crippen MR) is 76.4 cm³/mol. The first-order valence-corrected chi connectivity index (χ1v) is 5.78. The first kappa shape index (κ1) is 12.0. The fraction of sp³-hybridized carbons (Fsp3) is 0. The van der Waals surface area contributed by atoms with Crippen molar-refractivity contribution in [3.8, 4) is 0 Å². The predicted octanol–water partition coefficient (Wildman–Crippen LogP) is 3.48. The topological polar surface area (TPSA) is 64.1 Å². The van der Waals surface area contributed by atoms with Crippen LogP contribution in [0.25, 0.3) is 0 Å². The molecule has 5 heteroatoms. The lowest BCUT2D eigenvalue weighted by Crippen LogP contribution is -2.03. The van der Waals surface area contributed by atoms with Gasteiger partial charge in [0.15, 0.2) is 0 Å². The Hall–Kier alpha value is -1.52. The van der Waals surface area contributed by atoms with Crippen LogP contribution in [0.2, 0.25) is 0 Å². The second-order valence-electron chi connectivity index (χ2n) is 3.70. The monoisotopic (exact) mass is 265 g/mol. The normalized spacial score (nSPS) is 11.8. The van der Waals surface area contributed by atoms with Crippen LogP contribution in [-0.4, -0.2) is 0 Å². The van der Waals surface area contributed by atoms with Crippen LogP contribution in [0, 0.1) is 0 Å². The van der Waals surface area contributed by atoms with E-state index < -0.39 is 0 Å². The molecule has 2 aromatic carbocycles. The van der Waals surface area contributed by atoms with Gasteiger partial charge in [0, 0.05) is 15.5 Å². The highest BCUT2D eigenvalue weighted by Crippen LogP contribution is 2.46. The van der Waals surface area contributed by atoms with E-state index in [4.69, 9.17) is 11.5 Å². The second-order valence-corrected chi connectivity index (χ2v) is 4.79. The number of para-hydroxylation sites is 1. The van der Waals surface area contributed by atoms with Gasteiger partial charge < -0.3 is 16.8 Å². The van der Waals surface area contributed by atoms with Crippen molar-refractivity contribution < 1.29 is 0 Å². The molecule has 0 amide bonds. The Bertz CT molecular complexity index is 572. The van der Waals surface area contributed by atoms with Crippen molar-refractivity contribution in [1.29, 1.82) is 0 Å². The molecule has 0 saturated carbocycles. The van der Waals surface area contributed by atoms with Gasteiger partial charge >= 0.3 is 0 Å². The summed E-state index contributed by atoms with van der Waals surface area (Å²) in [5, 5.41) is 3.33. The van der Waals surface area contributed by atoms with Gasteiger partial charge in [-0.1, -0.05) is 17.8 Å². The number of nitrogens with one attached hydrogen (secondary N) is 1. The standard InChI is InChI=1S/C12H11N3S.ClH/c13-7-4-5-9-11(6-7)16-10-3-1-2-8(14)12(10)15-9;/h1-6,15H,13-14H2;1H. The van der Waals surface area contributed by atoms with Crippen LogP contribution in [0.1, 0.15) is 0 Å². The van der Waals surface area contributed by atoms with Crippen LogP contribution in [0.15, 0.2) is 46.2 Å². The number of rotatable bonds is 0. The van der Waals surface area contributed by atoms with E-state index in [9.17, 15) is 0 Å². The zero-order chi connectivity index (χ0) is 11.1. The van der Waals surface area contributed by atoms with E-state index in [1.807, 2.05) is 30.3 Å². The van der Waals surface area contributed by atoms with Crippen LogP contribution in [0.4, 0.5) is 22.7 Å². The van der Waals surface area contributed by atoms with E-state index in [0.29, 0.717) is 0 Å². The molecular formula is C12H12ClN3S. The fourth-order valence-corrected chi connectivity index (χ4v) is 2.83. The van der Waals surface area contributed by atoms with E-state index in [1.165, 1.54) is 0 Å². The van der Waals surface area contributed by atoms with Crippen LogP contribution >= 0.6 is 24.2 Å². The number of halogens is 1. The Morgan fingerprint density at radius 3 is 2.65 bits per heavy atom. The molecule has 88 valence electrons. The summed E-state index contributed by atoms with van der Waals surface area (Å²) >= 11 is 1.69. The summed E-state index contributed by atoms with van der Waals surface area (Å²) in [5.41, 5.74) is 15.3. The molecule has 0 fully saturated rings. The molecule has 1 aliphatic heterocycles. The minimum atomic E-state index is 0. The Kier molecular flexibility index (Phi) is 3.09. The Morgan fingerprint density at radius 1 is 1.00 bits per heavy atom. The fourth-order valence-electron chi connectivity index (χ4n) is 1.75. The molecule has 5 N–H and O–H groups in total. The van der Waals surface area contributed by atoms with Crippen LogP contribution in [0.5, 0.6) is 0 Å². The summed E-state index contributed by atoms with van der Waals surface area (Å²) in [6, 6.07) is 11.7. The first-order chi connectivity index (χ1) is 7.74. The lowest BCUT2D eigenvalue weighted by molar-refractivity contribution is 1.32. The molecule has 0 radical (unpaired) electrons. The first-order valence-electron chi connectivity index (χ1n) is 4.97. The van der Waals surface area contributed by atoms with Gasteiger partial charge in [0.2, 0.25) is 0 Å². The van der Waals surface area contributed by atoms with Crippen molar-refractivity contribution in [2.75, 3.05) is 16.8 Å². The molecule has 0 bridgehead atoms. The number of nitrogens with two attached hydrogens (primary N) is 2. The molecule has 1 heterocycles. The van der Waals surface area contributed by atoms with Gasteiger partial charge in [-0.25, -0.2) is 0 Å². The maximum absolute atomic E-state index is 5.93. The van der Waals surface area contributed by atoms with Gasteiger partial charge in [0.1, 0.15) is 0 Å². The summed E-state index contributed by atoms with van der Waals surface area (Å²) in [6.45, 7) is 0. The van der Waals surface area contributed by atoms with Crippen molar-refractivity contribution in [2.24, 2.45) is 0 Å². The van der Waals surface area contributed by atoms with Crippen molar-refractivity contribution in [3.63, 3.8) is 0 Å². The van der Waals surface area contributed by atoms with E-state index in [0.717, 1.165) is 32.5 Å². The summed E-state index contributed by atoms with van der Waals surface area (Å²) in [4.78, 5) is 2.27. The number of benzene rings is 2.